The Kier molecular flexibility index (Phi) is 8.39. The van der Waals surface area contributed by atoms with Crippen molar-refractivity contribution >= 4 is 17.3 Å². The van der Waals surface area contributed by atoms with Gasteiger partial charge in [-0.1, -0.05) is 6.07 Å². The molecule has 1 aromatic heterocycles. The second-order valence-corrected chi connectivity index (χ2v) is 7.54. The van der Waals surface area contributed by atoms with Crippen molar-refractivity contribution in [3.05, 3.63) is 39.8 Å². The van der Waals surface area contributed by atoms with Crippen LogP contribution in [0.1, 0.15) is 29.4 Å². The SMILES string of the molecule is CCNC(=NCC(C)Oc1cccc(OC)c1)NCCc1nc(C)c(C)s1. The van der Waals surface area contributed by atoms with Crippen LogP contribution < -0.4 is 20.1 Å². The van der Waals surface area contributed by atoms with Gasteiger partial charge in [0.2, 0.25) is 0 Å². The highest BCUT2D eigenvalue weighted by atomic mass is 32.1. The fourth-order valence-corrected chi connectivity index (χ4v) is 3.37. The highest BCUT2D eigenvalue weighted by Gasteiger charge is 2.07. The first-order valence-corrected chi connectivity index (χ1v) is 10.1. The van der Waals surface area contributed by atoms with E-state index in [2.05, 4.69) is 41.4 Å². The van der Waals surface area contributed by atoms with Crippen LogP contribution in [0.25, 0.3) is 0 Å². The fraction of sp³-hybridized carbons (Fsp3) is 0.500. The van der Waals surface area contributed by atoms with Crippen LogP contribution >= 0.6 is 11.3 Å². The fourth-order valence-electron chi connectivity index (χ4n) is 2.44. The smallest absolute Gasteiger partial charge is 0.191 e. The van der Waals surface area contributed by atoms with Crippen molar-refractivity contribution in [2.24, 2.45) is 4.99 Å². The predicted octanol–water partition coefficient (Wildman–Crippen LogP) is 3.33. The van der Waals surface area contributed by atoms with Crippen molar-refractivity contribution in [2.45, 2.75) is 40.2 Å². The van der Waals surface area contributed by atoms with Gasteiger partial charge in [-0.15, -0.1) is 11.3 Å². The number of aromatic nitrogens is 1. The highest BCUT2D eigenvalue weighted by molar-refractivity contribution is 7.11. The third-order valence-electron chi connectivity index (χ3n) is 3.93. The number of aliphatic imine (C=N–C) groups is 1. The number of hydrogen-bond donors (Lipinski definition) is 2. The summed E-state index contributed by atoms with van der Waals surface area (Å²) in [4.78, 5) is 10.5. The minimum Gasteiger partial charge on any atom is -0.497 e. The Balaban J connectivity index is 1.83. The van der Waals surface area contributed by atoms with Gasteiger partial charge in [-0.2, -0.15) is 0 Å². The molecular weight excluding hydrogens is 360 g/mol. The van der Waals surface area contributed by atoms with Crippen LogP contribution in [0.15, 0.2) is 29.3 Å². The standard InChI is InChI=1S/C20H30N4O2S/c1-6-21-20(22-11-10-19-24-15(3)16(4)27-19)23-13-14(2)26-18-9-7-8-17(12-18)25-5/h7-9,12,14H,6,10-11,13H2,1-5H3,(H2,21,22,23). The third-order valence-corrected chi connectivity index (χ3v) is 5.07. The van der Waals surface area contributed by atoms with Crippen molar-refractivity contribution in [1.82, 2.24) is 15.6 Å². The lowest BCUT2D eigenvalue weighted by molar-refractivity contribution is 0.229. The maximum absolute atomic E-state index is 5.92. The summed E-state index contributed by atoms with van der Waals surface area (Å²) in [5, 5.41) is 7.79. The zero-order chi connectivity index (χ0) is 19.6. The van der Waals surface area contributed by atoms with Gasteiger partial charge < -0.3 is 20.1 Å². The van der Waals surface area contributed by atoms with E-state index in [1.54, 1.807) is 18.4 Å². The summed E-state index contributed by atoms with van der Waals surface area (Å²) in [7, 11) is 1.65. The van der Waals surface area contributed by atoms with E-state index in [4.69, 9.17) is 9.47 Å². The summed E-state index contributed by atoms with van der Waals surface area (Å²) in [6.07, 6.45) is 0.844. The lowest BCUT2D eigenvalue weighted by atomic mass is 10.3. The largest absolute Gasteiger partial charge is 0.497 e. The molecule has 0 saturated heterocycles. The normalized spacial score (nSPS) is 12.6. The molecule has 148 valence electrons. The molecule has 1 heterocycles. The molecule has 0 saturated carbocycles. The molecular formula is C20H30N4O2S. The Morgan fingerprint density at radius 2 is 2.04 bits per heavy atom. The number of aryl methyl sites for hydroxylation is 2. The van der Waals surface area contributed by atoms with Gasteiger partial charge in [0.1, 0.15) is 17.6 Å². The number of methoxy groups -OCH3 is 1. The monoisotopic (exact) mass is 390 g/mol. The van der Waals surface area contributed by atoms with Crippen molar-refractivity contribution in [3.8, 4) is 11.5 Å². The maximum Gasteiger partial charge on any atom is 0.191 e. The van der Waals surface area contributed by atoms with E-state index in [1.165, 1.54) is 4.88 Å². The molecule has 7 heteroatoms. The van der Waals surface area contributed by atoms with Gasteiger partial charge in [-0.25, -0.2) is 9.98 Å². The number of guanidine groups is 1. The van der Waals surface area contributed by atoms with Gasteiger partial charge in [0.25, 0.3) is 0 Å². The van der Waals surface area contributed by atoms with E-state index in [-0.39, 0.29) is 6.10 Å². The van der Waals surface area contributed by atoms with Gasteiger partial charge in [0.15, 0.2) is 5.96 Å². The summed E-state index contributed by atoms with van der Waals surface area (Å²) >= 11 is 1.76. The molecule has 0 spiro atoms. The molecule has 2 N–H and O–H groups in total. The van der Waals surface area contributed by atoms with Crippen LogP contribution in [0.3, 0.4) is 0 Å². The summed E-state index contributed by atoms with van der Waals surface area (Å²) in [5.41, 5.74) is 1.12. The second kappa shape index (κ2) is 10.8. The third kappa shape index (κ3) is 7.09. The minimum atomic E-state index is -0.0446. The minimum absolute atomic E-state index is 0.0446. The number of hydrogen-bond acceptors (Lipinski definition) is 5. The van der Waals surface area contributed by atoms with Crippen molar-refractivity contribution in [1.29, 1.82) is 0 Å². The first-order valence-electron chi connectivity index (χ1n) is 9.27. The maximum atomic E-state index is 5.92. The van der Waals surface area contributed by atoms with Crippen LogP contribution in [0.4, 0.5) is 0 Å². The van der Waals surface area contributed by atoms with Crippen LogP contribution in [0.5, 0.6) is 11.5 Å². The Labute approximate surface area is 166 Å². The number of thiazole rings is 1. The highest BCUT2D eigenvalue weighted by Crippen LogP contribution is 2.20. The van der Waals surface area contributed by atoms with E-state index < -0.39 is 0 Å². The lowest BCUT2D eigenvalue weighted by Gasteiger charge is -2.15. The van der Waals surface area contributed by atoms with Gasteiger partial charge in [-0.05, 0) is 39.8 Å². The zero-order valence-corrected chi connectivity index (χ0v) is 17.7. The molecule has 0 amide bonds. The summed E-state index contributed by atoms with van der Waals surface area (Å²) < 4.78 is 11.1. The zero-order valence-electron chi connectivity index (χ0n) is 16.8. The number of benzene rings is 1. The first kappa shape index (κ1) is 21.0. The molecule has 1 atom stereocenters. The molecule has 0 fully saturated rings. The van der Waals surface area contributed by atoms with Crippen molar-refractivity contribution in [2.75, 3.05) is 26.7 Å². The van der Waals surface area contributed by atoms with Crippen LogP contribution in [-0.4, -0.2) is 43.8 Å². The van der Waals surface area contributed by atoms with Crippen molar-refractivity contribution < 1.29 is 9.47 Å². The van der Waals surface area contributed by atoms with Gasteiger partial charge in [0.05, 0.1) is 24.4 Å². The Morgan fingerprint density at radius 1 is 1.26 bits per heavy atom. The quantitative estimate of drug-likeness (QED) is 0.508. The van der Waals surface area contributed by atoms with Gasteiger partial charge in [0, 0.05) is 30.5 Å². The molecule has 27 heavy (non-hydrogen) atoms. The number of nitrogens with one attached hydrogen (secondary N) is 2. The van der Waals surface area contributed by atoms with E-state index in [0.717, 1.165) is 47.7 Å². The summed E-state index contributed by atoms with van der Waals surface area (Å²) in [6.45, 7) is 10.4. The van der Waals surface area contributed by atoms with E-state index in [1.807, 2.05) is 31.2 Å². The Morgan fingerprint density at radius 3 is 2.70 bits per heavy atom. The molecule has 0 radical (unpaired) electrons. The number of rotatable bonds is 9. The van der Waals surface area contributed by atoms with Crippen LogP contribution in [0, 0.1) is 13.8 Å². The van der Waals surface area contributed by atoms with Gasteiger partial charge in [-0.3, -0.25) is 0 Å². The predicted molar refractivity (Wildman–Crippen MR) is 112 cm³/mol. The first-order chi connectivity index (χ1) is 13.0. The lowest BCUT2D eigenvalue weighted by Crippen LogP contribution is -2.39. The molecule has 0 aliphatic rings. The van der Waals surface area contributed by atoms with E-state index >= 15 is 0 Å². The molecule has 2 rings (SSSR count). The molecule has 0 aliphatic heterocycles. The topological polar surface area (TPSA) is 67.8 Å². The average molecular weight is 391 g/mol. The summed E-state index contributed by atoms with van der Waals surface area (Å²) in [5.74, 6) is 2.36. The number of nitrogens with zero attached hydrogens (tertiary/aromatic N) is 2. The van der Waals surface area contributed by atoms with E-state index in [0.29, 0.717) is 6.54 Å². The molecule has 1 unspecified atom stereocenters. The van der Waals surface area contributed by atoms with E-state index in [9.17, 15) is 0 Å². The average Bonchev–Trinajstić information content (AvgIpc) is 2.97. The summed E-state index contributed by atoms with van der Waals surface area (Å²) in [6, 6.07) is 7.61. The second-order valence-electron chi connectivity index (χ2n) is 6.25. The molecule has 0 bridgehead atoms. The Hall–Kier alpha value is -2.28. The molecule has 0 aliphatic carbocycles. The van der Waals surface area contributed by atoms with Gasteiger partial charge >= 0.3 is 0 Å². The number of ether oxygens (including phenoxy) is 2. The van der Waals surface area contributed by atoms with Crippen LogP contribution in [-0.2, 0) is 6.42 Å². The molecule has 2 aromatic rings. The van der Waals surface area contributed by atoms with Crippen LogP contribution in [0.2, 0.25) is 0 Å². The van der Waals surface area contributed by atoms with Crippen molar-refractivity contribution in [3.63, 3.8) is 0 Å². The molecule has 6 nitrogen and oxygen atoms in total. The molecule has 1 aromatic carbocycles. The Bertz CT molecular complexity index is 726.